The molecule has 28 heavy (non-hydrogen) atoms. The second kappa shape index (κ2) is 5.94. The van der Waals surface area contributed by atoms with E-state index in [9.17, 15) is 14.7 Å². The van der Waals surface area contributed by atoms with Gasteiger partial charge in [0.05, 0.1) is 5.92 Å². The molecular weight excluding hydrogens is 382 g/mol. The fraction of sp³-hybridized carbons (Fsp3) is 0.474. The molecule has 3 atom stereocenters. The highest BCUT2D eigenvalue weighted by atomic mass is 35.5. The van der Waals surface area contributed by atoms with Gasteiger partial charge in [0.25, 0.3) is 0 Å². The number of amides is 2. The van der Waals surface area contributed by atoms with Crippen LogP contribution in [0.3, 0.4) is 0 Å². The number of aromatic nitrogens is 2. The molecule has 1 aliphatic carbocycles. The molecule has 0 bridgehead atoms. The van der Waals surface area contributed by atoms with Gasteiger partial charge in [-0.15, -0.1) is 0 Å². The number of hydrogen-bond donors (Lipinski definition) is 3. The van der Waals surface area contributed by atoms with Crippen molar-refractivity contribution in [2.45, 2.75) is 20.8 Å². The molecule has 0 spiro atoms. The van der Waals surface area contributed by atoms with E-state index in [1.807, 2.05) is 0 Å². The normalized spacial score (nSPS) is 26.2. The quantitative estimate of drug-likeness (QED) is 0.662. The van der Waals surface area contributed by atoms with Crippen molar-refractivity contribution >= 4 is 46.0 Å². The number of carbonyl (C=O) groups is 2. The Morgan fingerprint density at radius 1 is 1.39 bits per heavy atom. The third kappa shape index (κ3) is 2.66. The van der Waals surface area contributed by atoms with Crippen LogP contribution in [0.2, 0.25) is 5.15 Å². The van der Waals surface area contributed by atoms with Crippen molar-refractivity contribution in [3.8, 4) is 0 Å². The van der Waals surface area contributed by atoms with Crippen molar-refractivity contribution in [3.05, 3.63) is 23.5 Å². The number of pyridine rings is 2. The average Bonchev–Trinajstić information content (AvgIpc) is 3.05. The molecule has 1 saturated carbocycles. The number of nitrogens with zero attached hydrogens (tertiary/aromatic N) is 3. The maximum atomic E-state index is 13.0. The third-order valence-corrected chi connectivity index (χ3v) is 6.49. The number of nitrogens with two attached hydrogens (primary N) is 1. The Morgan fingerprint density at radius 2 is 2.11 bits per heavy atom. The van der Waals surface area contributed by atoms with Crippen molar-refractivity contribution in [2.75, 3.05) is 24.1 Å². The molecule has 2 aromatic heterocycles. The second-order valence-electron chi connectivity index (χ2n) is 8.65. The van der Waals surface area contributed by atoms with E-state index in [1.165, 1.54) is 4.90 Å². The van der Waals surface area contributed by atoms with Gasteiger partial charge >= 0.3 is 6.09 Å². The molecule has 0 radical (unpaired) electrons. The van der Waals surface area contributed by atoms with Crippen LogP contribution in [0.5, 0.6) is 0 Å². The van der Waals surface area contributed by atoms with Gasteiger partial charge in [0.15, 0.2) is 0 Å². The molecule has 2 fully saturated rings. The lowest BCUT2D eigenvalue weighted by Crippen LogP contribution is -2.39. The summed E-state index contributed by atoms with van der Waals surface area (Å²) in [6.45, 7) is 6.94. The minimum atomic E-state index is -0.936. The van der Waals surface area contributed by atoms with Crippen molar-refractivity contribution in [1.82, 2.24) is 14.9 Å². The summed E-state index contributed by atoms with van der Waals surface area (Å²) in [7, 11) is 0. The highest BCUT2D eigenvalue weighted by molar-refractivity contribution is 6.30. The molecular formula is C19H22ClN5O3. The molecule has 1 saturated heterocycles. The van der Waals surface area contributed by atoms with Crippen LogP contribution in [0.15, 0.2) is 18.3 Å². The Balaban J connectivity index is 1.58. The Hall–Kier alpha value is -2.61. The topological polar surface area (TPSA) is 121 Å². The van der Waals surface area contributed by atoms with Crippen molar-refractivity contribution in [2.24, 2.45) is 22.7 Å². The van der Waals surface area contributed by atoms with Crippen LogP contribution in [0, 0.1) is 22.7 Å². The fourth-order valence-corrected chi connectivity index (χ4v) is 5.06. The SMILES string of the molecule is CC(C)(C)[C@@]12CN(C(=O)O)C[C@H]1[C@H]2C(=O)Nc1cc2cc(Cl)nc(N)c2cn1. The highest BCUT2D eigenvalue weighted by Crippen LogP contribution is 2.71. The molecule has 4 N–H and O–H groups in total. The first-order chi connectivity index (χ1) is 13.0. The van der Waals surface area contributed by atoms with Crippen LogP contribution in [-0.4, -0.2) is 45.1 Å². The molecule has 148 valence electrons. The summed E-state index contributed by atoms with van der Waals surface area (Å²) in [6.07, 6.45) is 0.623. The van der Waals surface area contributed by atoms with E-state index in [-0.39, 0.29) is 39.5 Å². The van der Waals surface area contributed by atoms with E-state index < -0.39 is 6.09 Å². The standard InChI is InChI=1S/C19H22ClN5O3/c1-18(2,3)19-8-25(17(27)28)7-11(19)14(19)16(26)24-13-5-9-4-12(20)23-15(21)10(9)6-22-13/h4-6,11,14H,7-8H2,1-3H3,(H2,21,23)(H,27,28)(H,22,24,26)/t11-,14-,19-/m0/s1. The second-order valence-corrected chi connectivity index (χ2v) is 9.04. The molecule has 2 amide bonds. The van der Waals surface area contributed by atoms with Crippen molar-refractivity contribution < 1.29 is 14.7 Å². The third-order valence-electron chi connectivity index (χ3n) is 6.29. The number of nitrogens with one attached hydrogen (secondary N) is 1. The maximum Gasteiger partial charge on any atom is 0.407 e. The molecule has 1 aliphatic heterocycles. The van der Waals surface area contributed by atoms with Gasteiger partial charge in [-0.25, -0.2) is 14.8 Å². The summed E-state index contributed by atoms with van der Waals surface area (Å²) in [6, 6.07) is 3.38. The van der Waals surface area contributed by atoms with E-state index in [2.05, 4.69) is 36.1 Å². The summed E-state index contributed by atoms with van der Waals surface area (Å²) in [5.41, 5.74) is 5.30. The lowest BCUT2D eigenvalue weighted by molar-refractivity contribution is -0.119. The van der Waals surface area contributed by atoms with E-state index >= 15 is 0 Å². The Labute approximate surface area is 167 Å². The van der Waals surface area contributed by atoms with E-state index in [0.717, 1.165) is 5.39 Å². The van der Waals surface area contributed by atoms with E-state index in [4.69, 9.17) is 17.3 Å². The zero-order chi connectivity index (χ0) is 20.4. The van der Waals surface area contributed by atoms with Crippen LogP contribution in [-0.2, 0) is 4.79 Å². The van der Waals surface area contributed by atoms with Gasteiger partial charge in [-0.2, -0.15) is 0 Å². The van der Waals surface area contributed by atoms with Gasteiger partial charge in [0.2, 0.25) is 5.91 Å². The minimum Gasteiger partial charge on any atom is -0.465 e. The molecule has 4 rings (SSSR count). The Kier molecular flexibility index (Phi) is 3.98. The first kappa shape index (κ1) is 18.7. The molecule has 2 aliphatic rings. The monoisotopic (exact) mass is 403 g/mol. The summed E-state index contributed by atoms with van der Waals surface area (Å²) in [5.74, 6) is 0.323. The van der Waals surface area contributed by atoms with Gasteiger partial charge in [-0.3, -0.25) is 4.79 Å². The number of anilines is 2. The largest absolute Gasteiger partial charge is 0.465 e. The Bertz CT molecular complexity index is 1000. The van der Waals surface area contributed by atoms with E-state index in [1.54, 1.807) is 18.3 Å². The number of likely N-dealkylation sites (tertiary alicyclic amines) is 1. The van der Waals surface area contributed by atoms with Gasteiger partial charge < -0.3 is 21.1 Å². The summed E-state index contributed by atoms with van der Waals surface area (Å²) in [4.78, 5) is 34.0. The molecule has 0 aromatic carbocycles. The van der Waals surface area contributed by atoms with Crippen molar-refractivity contribution in [1.29, 1.82) is 0 Å². The molecule has 8 nitrogen and oxygen atoms in total. The zero-order valence-corrected chi connectivity index (χ0v) is 16.6. The first-order valence-electron chi connectivity index (χ1n) is 9.05. The number of fused-ring (bicyclic) bond motifs is 2. The van der Waals surface area contributed by atoms with Gasteiger partial charge in [0.1, 0.15) is 16.8 Å². The summed E-state index contributed by atoms with van der Waals surface area (Å²) < 4.78 is 0. The maximum absolute atomic E-state index is 13.0. The van der Waals surface area contributed by atoms with Crippen LogP contribution in [0.1, 0.15) is 20.8 Å². The zero-order valence-electron chi connectivity index (χ0n) is 15.9. The fourth-order valence-electron chi connectivity index (χ4n) is 4.86. The number of carbonyl (C=O) groups excluding carboxylic acids is 1. The first-order valence-corrected chi connectivity index (χ1v) is 9.43. The molecule has 2 aromatic rings. The highest BCUT2D eigenvalue weighted by Gasteiger charge is 2.76. The van der Waals surface area contributed by atoms with Crippen LogP contribution < -0.4 is 11.1 Å². The number of rotatable bonds is 2. The number of carboxylic acid groups (broad SMARTS) is 1. The molecule has 9 heteroatoms. The van der Waals surface area contributed by atoms with Crippen LogP contribution in [0.25, 0.3) is 10.8 Å². The predicted molar refractivity (Wildman–Crippen MR) is 106 cm³/mol. The average molecular weight is 404 g/mol. The van der Waals surface area contributed by atoms with Crippen LogP contribution >= 0.6 is 11.6 Å². The molecule has 0 unspecified atom stereocenters. The summed E-state index contributed by atoms with van der Waals surface area (Å²) in [5, 5.41) is 13.9. The lowest BCUT2D eigenvalue weighted by Gasteiger charge is -2.32. The predicted octanol–water partition coefficient (Wildman–Crippen LogP) is 3.08. The minimum absolute atomic E-state index is 0.0124. The van der Waals surface area contributed by atoms with Gasteiger partial charge in [0, 0.05) is 30.1 Å². The number of piperidine rings is 1. The molecule has 3 heterocycles. The number of hydrogen-bond acceptors (Lipinski definition) is 5. The van der Waals surface area contributed by atoms with E-state index in [0.29, 0.717) is 24.3 Å². The number of halogens is 1. The lowest BCUT2D eigenvalue weighted by atomic mass is 9.75. The van der Waals surface area contributed by atoms with Crippen molar-refractivity contribution in [3.63, 3.8) is 0 Å². The number of nitrogen functional groups attached to an aromatic ring is 1. The summed E-state index contributed by atoms with van der Waals surface area (Å²) >= 11 is 5.96. The Morgan fingerprint density at radius 3 is 2.71 bits per heavy atom. The van der Waals surface area contributed by atoms with Gasteiger partial charge in [-0.1, -0.05) is 32.4 Å². The van der Waals surface area contributed by atoms with Crippen LogP contribution in [0.4, 0.5) is 16.4 Å². The van der Waals surface area contributed by atoms with Gasteiger partial charge in [-0.05, 0) is 28.9 Å². The smallest absolute Gasteiger partial charge is 0.407 e.